The smallest absolute Gasteiger partial charge is 0.240 e. The lowest BCUT2D eigenvalue weighted by Crippen LogP contribution is -2.32. The number of benzene rings is 2. The first-order chi connectivity index (χ1) is 12.3. The van der Waals surface area contributed by atoms with Gasteiger partial charge in [0.05, 0.1) is 4.90 Å². The zero-order chi connectivity index (χ0) is 19.2. The largest absolute Gasteiger partial charge is 0.356 e. The molecule has 0 bridgehead atoms. The molecule has 0 unspecified atom stereocenters. The molecule has 2 aromatic rings. The molecule has 2 aromatic carbocycles. The second-order valence-electron chi connectivity index (χ2n) is 6.14. The first-order valence-electron chi connectivity index (χ1n) is 8.36. The quantitative estimate of drug-likeness (QED) is 0.741. The Hall–Kier alpha value is -2.25. The first-order valence-corrected chi connectivity index (χ1v) is 9.84. The average Bonchev–Trinajstić information content (AvgIpc) is 2.58. The Bertz CT molecular complexity index is 865. The van der Waals surface area contributed by atoms with E-state index in [9.17, 15) is 17.6 Å². The van der Waals surface area contributed by atoms with E-state index in [0.717, 1.165) is 11.1 Å². The Morgan fingerprint density at radius 2 is 1.73 bits per heavy atom. The summed E-state index contributed by atoms with van der Waals surface area (Å²) < 4.78 is 40.0. The van der Waals surface area contributed by atoms with Gasteiger partial charge in [-0.3, -0.25) is 4.79 Å². The van der Waals surface area contributed by atoms with Crippen molar-refractivity contribution < 1.29 is 17.6 Å². The van der Waals surface area contributed by atoms with Gasteiger partial charge < -0.3 is 5.32 Å². The molecule has 140 valence electrons. The van der Waals surface area contributed by atoms with Crippen LogP contribution in [-0.4, -0.2) is 27.4 Å². The van der Waals surface area contributed by atoms with Crippen molar-refractivity contribution in [3.63, 3.8) is 0 Å². The van der Waals surface area contributed by atoms with Crippen molar-refractivity contribution >= 4 is 15.9 Å². The van der Waals surface area contributed by atoms with E-state index in [4.69, 9.17) is 0 Å². The highest BCUT2D eigenvalue weighted by Crippen LogP contribution is 2.16. The van der Waals surface area contributed by atoms with E-state index >= 15 is 0 Å². The normalized spacial score (nSPS) is 11.3. The second kappa shape index (κ2) is 8.91. The van der Waals surface area contributed by atoms with E-state index in [1.165, 1.54) is 12.1 Å². The van der Waals surface area contributed by atoms with Crippen molar-refractivity contribution in [1.82, 2.24) is 10.0 Å². The van der Waals surface area contributed by atoms with Gasteiger partial charge in [0.1, 0.15) is 5.82 Å². The maximum atomic E-state index is 12.8. The first kappa shape index (κ1) is 20.1. The third-order valence-electron chi connectivity index (χ3n) is 3.93. The van der Waals surface area contributed by atoms with Gasteiger partial charge in [0, 0.05) is 19.5 Å². The van der Waals surface area contributed by atoms with E-state index in [2.05, 4.69) is 10.0 Å². The molecule has 26 heavy (non-hydrogen) atoms. The number of carbonyl (C=O) groups is 1. The second-order valence-corrected chi connectivity index (χ2v) is 7.88. The fraction of sp³-hybridized carbons (Fsp3) is 0.316. The lowest BCUT2D eigenvalue weighted by Gasteiger charge is -2.10. The van der Waals surface area contributed by atoms with Crippen LogP contribution in [0.15, 0.2) is 47.4 Å². The van der Waals surface area contributed by atoms with Crippen LogP contribution < -0.4 is 10.0 Å². The Labute approximate surface area is 153 Å². The summed E-state index contributed by atoms with van der Waals surface area (Å²) in [4.78, 5) is 12.1. The zero-order valence-electron chi connectivity index (χ0n) is 14.9. The molecular weight excluding hydrogens is 355 g/mol. The molecule has 0 aliphatic heterocycles. The molecule has 0 aliphatic carbocycles. The van der Waals surface area contributed by atoms with Gasteiger partial charge in [-0.15, -0.1) is 0 Å². The number of nitrogens with one attached hydrogen (secondary N) is 2. The van der Waals surface area contributed by atoms with Crippen LogP contribution >= 0.6 is 0 Å². The van der Waals surface area contributed by atoms with Crippen LogP contribution in [0.25, 0.3) is 0 Å². The van der Waals surface area contributed by atoms with Gasteiger partial charge in [-0.2, -0.15) is 0 Å². The average molecular weight is 378 g/mol. The molecule has 0 saturated heterocycles. The van der Waals surface area contributed by atoms with Gasteiger partial charge in [0.2, 0.25) is 15.9 Å². The van der Waals surface area contributed by atoms with E-state index in [1.807, 2.05) is 13.0 Å². The van der Waals surface area contributed by atoms with Gasteiger partial charge in [-0.1, -0.05) is 24.3 Å². The highest BCUT2D eigenvalue weighted by molar-refractivity contribution is 7.89. The molecular formula is C19H23FN2O3S. The lowest BCUT2D eigenvalue weighted by atomic mass is 10.1. The van der Waals surface area contributed by atoms with Gasteiger partial charge in [-0.25, -0.2) is 17.5 Å². The molecule has 0 spiro atoms. The van der Waals surface area contributed by atoms with Crippen LogP contribution in [-0.2, 0) is 21.2 Å². The van der Waals surface area contributed by atoms with Crippen molar-refractivity contribution in [2.24, 2.45) is 0 Å². The molecule has 0 saturated carbocycles. The van der Waals surface area contributed by atoms with Crippen molar-refractivity contribution in [3.05, 3.63) is 65.0 Å². The fourth-order valence-electron chi connectivity index (χ4n) is 2.46. The number of amides is 1. The number of hydrogen-bond donors (Lipinski definition) is 2. The highest BCUT2D eigenvalue weighted by atomic mass is 32.2. The number of sulfonamides is 1. The summed E-state index contributed by atoms with van der Waals surface area (Å²) in [6.45, 7) is 4.00. The molecule has 2 N–H and O–H groups in total. The Morgan fingerprint density at radius 1 is 1.04 bits per heavy atom. The minimum atomic E-state index is -3.64. The van der Waals surface area contributed by atoms with Crippen LogP contribution in [0.1, 0.15) is 23.1 Å². The summed E-state index contributed by atoms with van der Waals surface area (Å²) in [5.74, 6) is -0.537. The monoisotopic (exact) mass is 378 g/mol. The number of halogens is 1. The Morgan fingerprint density at radius 3 is 2.42 bits per heavy atom. The van der Waals surface area contributed by atoms with Crippen molar-refractivity contribution in [3.8, 4) is 0 Å². The lowest BCUT2D eigenvalue weighted by molar-refractivity contribution is -0.120. The molecule has 0 fully saturated rings. The van der Waals surface area contributed by atoms with E-state index in [-0.39, 0.29) is 29.6 Å². The van der Waals surface area contributed by atoms with Gasteiger partial charge in [0.15, 0.2) is 0 Å². The topological polar surface area (TPSA) is 75.3 Å². The molecule has 0 atom stereocenters. The van der Waals surface area contributed by atoms with Gasteiger partial charge >= 0.3 is 0 Å². The third kappa shape index (κ3) is 5.93. The van der Waals surface area contributed by atoms with E-state index in [1.54, 1.807) is 31.2 Å². The van der Waals surface area contributed by atoms with Crippen molar-refractivity contribution in [2.45, 2.75) is 31.6 Å². The molecule has 0 aromatic heterocycles. The molecule has 7 heteroatoms. The Balaban J connectivity index is 1.76. The van der Waals surface area contributed by atoms with Crippen molar-refractivity contribution in [2.75, 3.05) is 13.1 Å². The molecule has 0 radical (unpaired) electrons. The minimum Gasteiger partial charge on any atom is -0.356 e. The summed E-state index contributed by atoms with van der Waals surface area (Å²) in [7, 11) is -3.64. The third-order valence-corrected chi connectivity index (χ3v) is 5.53. The Kier molecular flexibility index (Phi) is 6.88. The van der Waals surface area contributed by atoms with Crippen LogP contribution in [0.2, 0.25) is 0 Å². The summed E-state index contributed by atoms with van der Waals surface area (Å²) in [5.41, 5.74) is 2.43. The van der Waals surface area contributed by atoms with Gasteiger partial charge in [-0.05, 0) is 55.2 Å². The summed E-state index contributed by atoms with van der Waals surface area (Å²) in [6.07, 6.45) is 0.633. The zero-order valence-corrected chi connectivity index (χ0v) is 15.7. The predicted molar refractivity (Wildman–Crippen MR) is 98.8 cm³/mol. The SMILES string of the molecule is Cc1ccc(C)c(S(=O)(=O)NCCC(=O)NCCc2ccc(F)cc2)c1. The standard InChI is InChI=1S/C19H23FN2O3S/c1-14-3-4-15(2)18(13-14)26(24,25)22-12-10-19(23)21-11-9-16-5-7-17(20)8-6-16/h3-8,13,22H,9-12H2,1-2H3,(H,21,23). The van der Waals surface area contributed by atoms with E-state index < -0.39 is 10.0 Å². The van der Waals surface area contributed by atoms with Crippen LogP contribution in [0, 0.1) is 19.7 Å². The maximum absolute atomic E-state index is 12.8. The summed E-state index contributed by atoms with van der Waals surface area (Å²) >= 11 is 0. The predicted octanol–water partition coefficient (Wildman–Crippen LogP) is 2.47. The number of carbonyl (C=O) groups excluding carboxylic acids is 1. The molecule has 1 amide bonds. The van der Waals surface area contributed by atoms with Gasteiger partial charge in [0.25, 0.3) is 0 Å². The summed E-state index contributed by atoms with van der Waals surface area (Å²) in [5, 5.41) is 2.72. The summed E-state index contributed by atoms with van der Waals surface area (Å²) in [6, 6.07) is 11.3. The molecule has 0 aliphatic rings. The van der Waals surface area contributed by atoms with Crippen molar-refractivity contribution in [1.29, 1.82) is 0 Å². The fourth-order valence-corrected chi connectivity index (χ4v) is 3.82. The molecule has 5 nitrogen and oxygen atoms in total. The molecule has 0 heterocycles. The van der Waals surface area contributed by atoms with Crippen LogP contribution in [0.4, 0.5) is 4.39 Å². The molecule has 2 rings (SSSR count). The maximum Gasteiger partial charge on any atom is 0.240 e. The van der Waals surface area contributed by atoms with Crippen LogP contribution in [0.5, 0.6) is 0 Å². The number of rotatable bonds is 8. The number of hydrogen-bond acceptors (Lipinski definition) is 3. The minimum absolute atomic E-state index is 0.0259. The number of aryl methyl sites for hydroxylation is 2. The van der Waals surface area contributed by atoms with Crippen LogP contribution in [0.3, 0.4) is 0 Å². The highest BCUT2D eigenvalue weighted by Gasteiger charge is 2.16. The van der Waals surface area contributed by atoms with E-state index in [0.29, 0.717) is 18.5 Å².